The standard InChI is InChI=1S/C14H20F3N3O/c1-9-6-4-5-7-19(9)13(21)11(3)20-10(2)8-12(18-20)14(15,16)17/h8-9,11H,4-7H2,1-3H3/t9-,11-/m1/s1. The zero-order chi connectivity index (χ0) is 15.8. The van der Waals surface area contributed by atoms with Crippen LogP contribution in [0.25, 0.3) is 0 Å². The quantitative estimate of drug-likeness (QED) is 0.841. The third kappa shape index (κ3) is 3.22. The summed E-state index contributed by atoms with van der Waals surface area (Å²) in [5, 5.41) is 3.57. The first kappa shape index (κ1) is 15.9. The second-order valence-corrected chi connectivity index (χ2v) is 5.67. The maximum Gasteiger partial charge on any atom is 0.435 e. The molecule has 1 saturated heterocycles. The predicted octanol–water partition coefficient (Wildman–Crippen LogP) is 3.17. The summed E-state index contributed by atoms with van der Waals surface area (Å²) >= 11 is 0. The fraction of sp³-hybridized carbons (Fsp3) is 0.714. The number of nitrogens with zero attached hydrogens (tertiary/aromatic N) is 3. The minimum atomic E-state index is -4.49. The van der Waals surface area contributed by atoms with Crippen LogP contribution in [0.15, 0.2) is 6.07 Å². The number of aromatic nitrogens is 2. The van der Waals surface area contributed by atoms with Crippen molar-refractivity contribution in [3.63, 3.8) is 0 Å². The molecule has 1 aliphatic rings. The van der Waals surface area contributed by atoms with E-state index in [0.29, 0.717) is 12.2 Å². The van der Waals surface area contributed by atoms with E-state index in [-0.39, 0.29) is 11.9 Å². The van der Waals surface area contributed by atoms with Crippen LogP contribution in [0.5, 0.6) is 0 Å². The van der Waals surface area contributed by atoms with Crippen molar-refractivity contribution in [2.45, 2.75) is 58.3 Å². The van der Waals surface area contributed by atoms with Crippen LogP contribution in [0, 0.1) is 6.92 Å². The molecule has 118 valence electrons. The molecule has 0 N–H and O–H groups in total. The van der Waals surface area contributed by atoms with Gasteiger partial charge in [0.05, 0.1) is 0 Å². The van der Waals surface area contributed by atoms with E-state index in [1.54, 1.807) is 11.8 Å². The van der Waals surface area contributed by atoms with E-state index in [2.05, 4.69) is 5.10 Å². The Balaban J connectivity index is 2.21. The molecule has 2 rings (SSSR count). The summed E-state index contributed by atoms with van der Waals surface area (Å²) in [6.07, 6.45) is -1.53. The van der Waals surface area contributed by atoms with Crippen molar-refractivity contribution < 1.29 is 18.0 Å². The van der Waals surface area contributed by atoms with Gasteiger partial charge in [-0.2, -0.15) is 18.3 Å². The molecule has 21 heavy (non-hydrogen) atoms. The van der Waals surface area contributed by atoms with Crippen molar-refractivity contribution in [1.82, 2.24) is 14.7 Å². The van der Waals surface area contributed by atoms with Crippen LogP contribution in [0.3, 0.4) is 0 Å². The van der Waals surface area contributed by atoms with Gasteiger partial charge in [0, 0.05) is 18.3 Å². The molecule has 0 bridgehead atoms. The number of piperidine rings is 1. The van der Waals surface area contributed by atoms with Gasteiger partial charge in [0.25, 0.3) is 0 Å². The number of carbonyl (C=O) groups is 1. The topological polar surface area (TPSA) is 38.1 Å². The summed E-state index contributed by atoms with van der Waals surface area (Å²) in [7, 11) is 0. The minimum absolute atomic E-state index is 0.131. The third-order valence-electron chi connectivity index (χ3n) is 4.02. The Labute approximate surface area is 121 Å². The molecule has 4 nitrogen and oxygen atoms in total. The average Bonchev–Trinajstić information content (AvgIpc) is 2.80. The molecule has 0 radical (unpaired) electrons. The van der Waals surface area contributed by atoms with Crippen LogP contribution in [-0.4, -0.2) is 33.2 Å². The highest BCUT2D eigenvalue weighted by molar-refractivity contribution is 5.80. The Hall–Kier alpha value is -1.53. The van der Waals surface area contributed by atoms with Crippen molar-refractivity contribution in [2.24, 2.45) is 0 Å². The lowest BCUT2D eigenvalue weighted by Gasteiger charge is -2.35. The predicted molar refractivity (Wildman–Crippen MR) is 71.7 cm³/mol. The number of carbonyl (C=O) groups excluding carboxylic acids is 1. The molecule has 0 aliphatic carbocycles. The Bertz CT molecular complexity index is 524. The highest BCUT2D eigenvalue weighted by Crippen LogP contribution is 2.30. The van der Waals surface area contributed by atoms with Gasteiger partial charge in [-0.15, -0.1) is 0 Å². The lowest BCUT2D eigenvalue weighted by molar-refractivity contribution is -0.143. The van der Waals surface area contributed by atoms with E-state index >= 15 is 0 Å². The van der Waals surface area contributed by atoms with Crippen LogP contribution in [0.2, 0.25) is 0 Å². The highest BCUT2D eigenvalue weighted by Gasteiger charge is 2.36. The van der Waals surface area contributed by atoms with Gasteiger partial charge >= 0.3 is 6.18 Å². The van der Waals surface area contributed by atoms with Crippen LogP contribution < -0.4 is 0 Å². The fourth-order valence-electron chi connectivity index (χ4n) is 2.79. The average molecular weight is 303 g/mol. The largest absolute Gasteiger partial charge is 0.435 e. The number of likely N-dealkylation sites (tertiary alicyclic amines) is 1. The summed E-state index contributed by atoms with van der Waals surface area (Å²) in [6.45, 7) is 5.77. The van der Waals surface area contributed by atoms with E-state index < -0.39 is 17.9 Å². The first-order valence-corrected chi connectivity index (χ1v) is 7.15. The highest BCUT2D eigenvalue weighted by atomic mass is 19.4. The second-order valence-electron chi connectivity index (χ2n) is 5.67. The first-order chi connectivity index (χ1) is 9.71. The van der Waals surface area contributed by atoms with E-state index in [9.17, 15) is 18.0 Å². The first-order valence-electron chi connectivity index (χ1n) is 7.15. The molecule has 7 heteroatoms. The Morgan fingerprint density at radius 3 is 2.62 bits per heavy atom. The van der Waals surface area contributed by atoms with Crippen LogP contribution in [-0.2, 0) is 11.0 Å². The molecule has 1 fully saturated rings. The smallest absolute Gasteiger partial charge is 0.338 e. The van der Waals surface area contributed by atoms with E-state index in [0.717, 1.165) is 25.3 Å². The summed E-state index contributed by atoms with van der Waals surface area (Å²) in [6, 6.07) is 0.386. The van der Waals surface area contributed by atoms with Gasteiger partial charge in [0.2, 0.25) is 5.91 Å². The summed E-state index contributed by atoms with van der Waals surface area (Å²) in [5.41, 5.74) is -0.612. The number of hydrogen-bond donors (Lipinski definition) is 0. The van der Waals surface area contributed by atoms with Gasteiger partial charge in [-0.3, -0.25) is 9.48 Å². The van der Waals surface area contributed by atoms with Crippen molar-refractivity contribution in [1.29, 1.82) is 0 Å². The number of hydrogen-bond acceptors (Lipinski definition) is 2. The molecule has 1 aromatic heterocycles. The van der Waals surface area contributed by atoms with Crippen molar-refractivity contribution in [2.75, 3.05) is 6.54 Å². The SMILES string of the molecule is Cc1cc(C(F)(F)F)nn1[C@H](C)C(=O)N1CCCC[C@H]1C. The van der Waals surface area contributed by atoms with Gasteiger partial charge in [0.15, 0.2) is 5.69 Å². The Morgan fingerprint density at radius 2 is 2.10 bits per heavy atom. The Kier molecular flexibility index (Phi) is 4.30. The van der Waals surface area contributed by atoms with E-state index in [4.69, 9.17) is 0 Å². The minimum Gasteiger partial charge on any atom is -0.338 e. The molecule has 2 atom stereocenters. The number of alkyl halides is 3. The zero-order valence-corrected chi connectivity index (χ0v) is 12.4. The van der Waals surface area contributed by atoms with Crippen LogP contribution in [0.1, 0.15) is 50.5 Å². The summed E-state index contributed by atoms with van der Waals surface area (Å²) in [5.74, 6) is -0.165. The molecule has 1 aromatic rings. The van der Waals surface area contributed by atoms with Gasteiger partial charge in [-0.05, 0) is 46.1 Å². The van der Waals surface area contributed by atoms with Gasteiger partial charge in [-0.1, -0.05) is 0 Å². The molecule has 1 aliphatic heterocycles. The molecule has 0 spiro atoms. The molecule has 0 saturated carbocycles. The molecule has 0 unspecified atom stereocenters. The van der Waals surface area contributed by atoms with Gasteiger partial charge in [-0.25, -0.2) is 0 Å². The fourth-order valence-corrected chi connectivity index (χ4v) is 2.79. The lowest BCUT2D eigenvalue weighted by Crippen LogP contribution is -2.45. The molecule has 2 heterocycles. The molecular formula is C14H20F3N3O. The summed E-state index contributed by atoms with van der Waals surface area (Å²) < 4.78 is 39.2. The number of amides is 1. The monoisotopic (exact) mass is 303 g/mol. The molecule has 0 aromatic carbocycles. The van der Waals surface area contributed by atoms with Crippen molar-refractivity contribution in [3.05, 3.63) is 17.5 Å². The zero-order valence-electron chi connectivity index (χ0n) is 12.4. The maximum absolute atomic E-state index is 12.7. The van der Waals surface area contributed by atoms with E-state index in [1.807, 2.05) is 6.92 Å². The normalized spacial score (nSPS) is 21.4. The van der Waals surface area contributed by atoms with Crippen molar-refractivity contribution in [3.8, 4) is 0 Å². The molecule has 1 amide bonds. The number of aryl methyl sites for hydroxylation is 1. The lowest BCUT2D eigenvalue weighted by atomic mass is 10.0. The van der Waals surface area contributed by atoms with Gasteiger partial charge in [0.1, 0.15) is 6.04 Å². The molecular weight excluding hydrogens is 283 g/mol. The third-order valence-corrected chi connectivity index (χ3v) is 4.02. The second kappa shape index (κ2) is 5.69. The van der Waals surface area contributed by atoms with Crippen LogP contribution in [0.4, 0.5) is 13.2 Å². The van der Waals surface area contributed by atoms with E-state index in [1.165, 1.54) is 11.6 Å². The maximum atomic E-state index is 12.7. The van der Waals surface area contributed by atoms with Crippen molar-refractivity contribution >= 4 is 5.91 Å². The van der Waals surface area contributed by atoms with Gasteiger partial charge < -0.3 is 4.90 Å². The Morgan fingerprint density at radius 1 is 1.43 bits per heavy atom. The van der Waals surface area contributed by atoms with Crippen LogP contribution >= 0.6 is 0 Å². The summed E-state index contributed by atoms with van der Waals surface area (Å²) in [4.78, 5) is 14.3. The number of halogens is 3. The number of rotatable bonds is 2.